The number of hydrogen-bond acceptors (Lipinski definition) is 6. The van der Waals surface area contributed by atoms with Crippen molar-refractivity contribution >= 4 is 38.3 Å². The lowest BCUT2D eigenvalue weighted by Gasteiger charge is -2.08. The first kappa shape index (κ1) is 17.8. The van der Waals surface area contributed by atoms with Crippen molar-refractivity contribution in [2.75, 3.05) is 11.9 Å². The largest absolute Gasteiger partial charge is 0.493 e. The van der Waals surface area contributed by atoms with Gasteiger partial charge in [-0.05, 0) is 31.0 Å². The fourth-order valence-corrected chi connectivity index (χ4v) is 3.31. The van der Waals surface area contributed by atoms with Gasteiger partial charge in [0.1, 0.15) is 5.75 Å². The zero-order valence-corrected chi connectivity index (χ0v) is 14.9. The van der Waals surface area contributed by atoms with Crippen molar-refractivity contribution in [1.82, 2.24) is 4.98 Å². The molecular weight excluding hydrogens is 354 g/mol. The van der Waals surface area contributed by atoms with Gasteiger partial charge in [0.05, 0.1) is 21.7 Å². The lowest BCUT2D eigenvalue weighted by molar-refractivity contribution is -0.384. The van der Waals surface area contributed by atoms with Crippen LogP contribution in [0.15, 0.2) is 42.5 Å². The van der Waals surface area contributed by atoms with E-state index < -0.39 is 4.92 Å². The van der Waals surface area contributed by atoms with Crippen LogP contribution in [0.1, 0.15) is 18.4 Å². The Labute approximate surface area is 153 Å². The zero-order chi connectivity index (χ0) is 18.5. The number of nitrogens with one attached hydrogen (secondary N) is 1. The van der Waals surface area contributed by atoms with Gasteiger partial charge in [0.15, 0.2) is 5.13 Å². The number of rotatable bonds is 7. The van der Waals surface area contributed by atoms with Gasteiger partial charge in [-0.15, -0.1) is 0 Å². The van der Waals surface area contributed by atoms with Crippen LogP contribution < -0.4 is 10.1 Å². The number of para-hydroxylation sites is 1. The number of nitrogens with zero attached hydrogens (tertiary/aromatic N) is 2. The van der Waals surface area contributed by atoms with Crippen LogP contribution in [-0.4, -0.2) is 22.4 Å². The van der Waals surface area contributed by atoms with Crippen molar-refractivity contribution in [2.24, 2.45) is 0 Å². The smallest absolute Gasteiger partial charge is 0.270 e. The molecule has 0 unspecified atom stereocenters. The molecule has 1 N–H and O–H groups in total. The lowest BCUT2D eigenvalue weighted by Crippen LogP contribution is -2.12. The summed E-state index contributed by atoms with van der Waals surface area (Å²) < 4.78 is 6.33. The van der Waals surface area contributed by atoms with Crippen molar-refractivity contribution in [3.63, 3.8) is 0 Å². The predicted octanol–water partition coefficient (Wildman–Crippen LogP) is 4.31. The quantitative estimate of drug-likeness (QED) is 0.379. The van der Waals surface area contributed by atoms with Crippen molar-refractivity contribution in [1.29, 1.82) is 0 Å². The molecule has 0 saturated heterocycles. The second kappa shape index (κ2) is 7.92. The van der Waals surface area contributed by atoms with Gasteiger partial charge in [-0.2, -0.15) is 0 Å². The average Bonchev–Trinajstić information content (AvgIpc) is 3.01. The van der Waals surface area contributed by atoms with Crippen molar-refractivity contribution < 1.29 is 14.5 Å². The minimum atomic E-state index is -0.453. The summed E-state index contributed by atoms with van der Waals surface area (Å²) in [5.41, 5.74) is 1.69. The Morgan fingerprint density at radius 1 is 1.31 bits per heavy atom. The van der Waals surface area contributed by atoms with E-state index in [-0.39, 0.29) is 11.6 Å². The summed E-state index contributed by atoms with van der Waals surface area (Å²) in [6.45, 7) is 2.42. The minimum Gasteiger partial charge on any atom is -0.493 e. The number of nitro benzene ring substituents is 1. The van der Waals surface area contributed by atoms with Crippen LogP contribution in [0.3, 0.4) is 0 Å². The predicted molar refractivity (Wildman–Crippen MR) is 101 cm³/mol. The van der Waals surface area contributed by atoms with Crippen molar-refractivity contribution in [2.45, 2.75) is 19.8 Å². The van der Waals surface area contributed by atoms with Crippen LogP contribution in [0.2, 0.25) is 0 Å². The molecule has 8 heteroatoms. The zero-order valence-electron chi connectivity index (χ0n) is 14.1. The molecule has 0 saturated carbocycles. The van der Waals surface area contributed by atoms with Crippen LogP contribution >= 0.6 is 11.3 Å². The minimum absolute atomic E-state index is 0.00683. The molecule has 2 aromatic carbocycles. The van der Waals surface area contributed by atoms with E-state index in [2.05, 4.69) is 10.3 Å². The molecule has 1 heterocycles. The summed E-state index contributed by atoms with van der Waals surface area (Å²) in [6.07, 6.45) is 0.887. The Morgan fingerprint density at radius 3 is 2.88 bits per heavy atom. The molecule has 1 amide bonds. The van der Waals surface area contributed by atoms with Crippen LogP contribution in [0.25, 0.3) is 10.2 Å². The number of fused-ring (bicyclic) bond motifs is 1. The third-order valence-electron chi connectivity index (χ3n) is 3.73. The standard InChI is InChI=1S/C18H17N3O4S/c1-12-5-2-3-6-15(12)25-10-4-7-17(22)20-18-19-14-9-8-13(21(23)24)11-16(14)26-18/h2-3,5-6,8-9,11H,4,7,10H2,1H3,(H,19,20,22). The molecule has 0 atom stereocenters. The maximum Gasteiger partial charge on any atom is 0.270 e. The maximum atomic E-state index is 12.0. The number of ether oxygens (including phenoxy) is 1. The summed E-state index contributed by atoms with van der Waals surface area (Å²) in [5, 5.41) is 14.0. The Kier molecular flexibility index (Phi) is 5.43. The van der Waals surface area contributed by atoms with Crippen molar-refractivity contribution in [3.05, 3.63) is 58.1 Å². The van der Waals surface area contributed by atoms with E-state index in [0.717, 1.165) is 11.3 Å². The van der Waals surface area contributed by atoms with E-state index in [1.807, 2.05) is 31.2 Å². The van der Waals surface area contributed by atoms with E-state index in [4.69, 9.17) is 4.74 Å². The molecule has 0 bridgehead atoms. The molecule has 134 valence electrons. The van der Waals surface area contributed by atoms with Gasteiger partial charge < -0.3 is 10.1 Å². The molecule has 3 aromatic rings. The Balaban J connectivity index is 1.51. The lowest BCUT2D eigenvalue weighted by atomic mass is 10.2. The number of thiazole rings is 1. The molecule has 0 spiro atoms. The number of anilines is 1. The number of carbonyl (C=O) groups excluding carboxylic acids is 1. The highest BCUT2D eigenvalue weighted by Gasteiger charge is 2.12. The summed E-state index contributed by atoms with van der Waals surface area (Å²) in [7, 11) is 0. The maximum absolute atomic E-state index is 12.0. The van der Waals surface area contributed by atoms with E-state index >= 15 is 0 Å². The van der Waals surface area contributed by atoms with Gasteiger partial charge >= 0.3 is 0 Å². The number of aryl methyl sites for hydroxylation is 1. The van der Waals surface area contributed by atoms with E-state index in [1.54, 1.807) is 6.07 Å². The molecular formula is C18H17N3O4S. The molecule has 0 aliphatic carbocycles. The van der Waals surface area contributed by atoms with Gasteiger partial charge in [-0.3, -0.25) is 14.9 Å². The van der Waals surface area contributed by atoms with Gasteiger partial charge in [0, 0.05) is 18.6 Å². The van der Waals surface area contributed by atoms with Crippen LogP contribution in [0.5, 0.6) is 5.75 Å². The first-order valence-corrected chi connectivity index (χ1v) is 8.88. The first-order valence-electron chi connectivity index (χ1n) is 8.06. The topological polar surface area (TPSA) is 94.4 Å². The normalized spacial score (nSPS) is 10.7. The number of carbonyl (C=O) groups is 1. The summed E-state index contributed by atoms with van der Waals surface area (Å²) in [6, 6.07) is 12.2. The number of amides is 1. The van der Waals surface area contributed by atoms with Crippen LogP contribution in [-0.2, 0) is 4.79 Å². The summed E-state index contributed by atoms with van der Waals surface area (Å²) >= 11 is 1.22. The number of nitro groups is 1. The van der Waals surface area contributed by atoms with Crippen molar-refractivity contribution in [3.8, 4) is 5.75 Å². The SMILES string of the molecule is Cc1ccccc1OCCCC(=O)Nc1nc2ccc([N+](=O)[O-])cc2s1. The third kappa shape index (κ3) is 4.34. The summed E-state index contributed by atoms with van der Waals surface area (Å²) in [5.74, 6) is 0.660. The van der Waals surface area contributed by atoms with Crippen LogP contribution in [0.4, 0.5) is 10.8 Å². The van der Waals surface area contributed by atoms with E-state index in [0.29, 0.717) is 34.8 Å². The fourth-order valence-electron chi connectivity index (χ4n) is 2.40. The van der Waals surface area contributed by atoms with E-state index in [9.17, 15) is 14.9 Å². The molecule has 26 heavy (non-hydrogen) atoms. The molecule has 1 aromatic heterocycles. The van der Waals surface area contributed by atoms with Gasteiger partial charge in [-0.25, -0.2) is 4.98 Å². The molecule has 0 aliphatic heterocycles. The number of hydrogen-bond donors (Lipinski definition) is 1. The van der Waals surface area contributed by atoms with Crippen LogP contribution in [0, 0.1) is 17.0 Å². The molecule has 0 fully saturated rings. The van der Waals surface area contributed by atoms with Gasteiger partial charge in [0.2, 0.25) is 5.91 Å². The molecule has 3 rings (SSSR count). The summed E-state index contributed by atoms with van der Waals surface area (Å²) in [4.78, 5) is 26.7. The second-order valence-electron chi connectivity index (χ2n) is 5.69. The monoisotopic (exact) mass is 371 g/mol. The molecule has 0 aliphatic rings. The Hall–Kier alpha value is -3.00. The van der Waals surface area contributed by atoms with Gasteiger partial charge in [0.25, 0.3) is 5.69 Å². The second-order valence-corrected chi connectivity index (χ2v) is 6.72. The Bertz CT molecular complexity index is 955. The number of benzene rings is 2. The highest BCUT2D eigenvalue weighted by atomic mass is 32.1. The molecule has 7 nitrogen and oxygen atoms in total. The number of aromatic nitrogens is 1. The fraction of sp³-hybridized carbons (Fsp3) is 0.222. The Morgan fingerprint density at radius 2 is 2.12 bits per heavy atom. The third-order valence-corrected chi connectivity index (χ3v) is 4.66. The van der Waals surface area contributed by atoms with Gasteiger partial charge in [-0.1, -0.05) is 29.5 Å². The highest BCUT2D eigenvalue weighted by Crippen LogP contribution is 2.29. The highest BCUT2D eigenvalue weighted by molar-refractivity contribution is 7.22. The molecule has 0 radical (unpaired) electrons. The average molecular weight is 371 g/mol. The first-order chi connectivity index (χ1) is 12.5. The van der Waals surface area contributed by atoms with E-state index in [1.165, 1.54) is 23.5 Å². The number of non-ortho nitro benzene ring substituents is 1.